The molecule has 0 aliphatic carbocycles. The van der Waals surface area contributed by atoms with Gasteiger partial charge in [-0.25, -0.2) is 0 Å². The second kappa shape index (κ2) is 6.63. The van der Waals surface area contributed by atoms with Gasteiger partial charge in [-0.15, -0.1) is 0 Å². The van der Waals surface area contributed by atoms with E-state index in [9.17, 15) is 13.2 Å². The molecule has 0 heterocycles. The molecule has 2 nitrogen and oxygen atoms in total. The van der Waals surface area contributed by atoms with Crippen LogP contribution in [0.5, 0.6) is 5.75 Å². The number of benzene rings is 2. The van der Waals surface area contributed by atoms with Crippen LogP contribution >= 0.6 is 0 Å². The zero-order chi connectivity index (χ0) is 13.9. The molecule has 0 atom stereocenters. The van der Waals surface area contributed by atoms with Crippen molar-refractivity contribution in [1.29, 1.82) is 0 Å². The van der Waals surface area contributed by atoms with E-state index in [1.54, 1.807) is 30.3 Å². The number of alkyl halides is 3. The molecule has 6 heteroatoms. The zero-order valence-corrected chi connectivity index (χ0v) is 11.2. The van der Waals surface area contributed by atoms with Gasteiger partial charge in [0.25, 0.3) is 0 Å². The minimum atomic E-state index is -4.33. The number of rotatable bonds is 3. The quantitative estimate of drug-likeness (QED) is 0.862. The summed E-state index contributed by atoms with van der Waals surface area (Å²) in [6.07, 6.45) is -4.33. The van der Waals surface area contributed by atoms with Gasteiger partial charge < -0.3 is 22.9 Å². The van der Waals surface area contributed by atoms with Gasteiger partial charge >= 0.3 is 6.18 Å². The zero-order valence-electron chi connectivity index (χ0n) is 10.5. The Morgan fingerprint density at radius 3 is 2.25 bits per heavy atom. The molecular formula is C14H13ClF3NO. The van der Waals surface area contributed by atoms with Crippen molar-refractivity contribution in [2.75, 3.05) is 0 Å². The Labute approximate surface area is 120 Å². The molecule has 0 saturated heterocycles. The molecular weight excluding hydrogens is 291 g/mol. The fourth-order valence-corrected chi connectivity index (χ4v) is 1.59. The van der Waals surface area contributed by atoms with Gasteiger partial charge in [0, 0.05) is 12.1 Å². The van der Waals surface area contributed by atoms with Gasteiger partial charge in [-0.1, -0.05) is 12.1 Å². The normalized spacial score (nSPS) is 10.8. The van der Waals surface area contributed by atoms with E-state index < -0.39 is 11.7 Å². The summed E-state index contributed by atoms with van der Waals surface area (Å²) in [6.45, 7) is 0.0976. The lowest BCUT2D eigenvalue weighted by Crippen LogP contribution is -3.00. The van der Waals surface area contributed by atoms with Crippen molar-refractivity contribution in [1.82, 2.24) is 0 Å². The summed E-state index contributed by atoms with van der Waals surface area (Å²) in [5, 5.41) is 0. The maximum absolute atomic E-state index is 12.5. The van der Waals surface area contributed by atoms with Gasteiger partial charge in [0.15, 0.2) is 0 Å². The average Bonchev–Trinajstić information content (AvgIpc) is 2.37. The average molecular weight is 304 g/mol. The first-order valence-electron chi connectivity index (χ1n) is 5.66. The molecule has 2 rings (SSSR count). The minimum absolute atomic E-state index is 0. The predicted molar refractivity (Wildman–Crippen MR) is 64.8 cm³/mol. The van der Waals surface area contributed by atoms with Crippen LogP contribution in [0, 0.1) is 0 Å². The summed E-state index contributed by atoms with van der Waals surface area (Å²) >= 11 is 0. The monoisotopic (exact) mass is 303 g/mol. The first-order valence-corrected chi connectivity index (χ1v) is 5.66. The maximum Gasteiger partial charge on any atom is 0.416 e. The molecule has 0 bridgehead atoms. The summed E-state index contributed by atoms with van der Waals surface area (Å²) in [5.41, 5.74) is 4.41. The van der Waals surface area contributed by atoms with E-state index in [4.69, 9.17) is 4.74 Å². The van der Waals surface area contributed by atoms with Gasteiger partial charge in [-0.05, 0) is 29.8 Å². The molecule has 20 heavy (non-hydrogen) atoms. The van der Waals surface area contributed by atoms with Gasteiger partial charge in [0.05, 0.1) is 5.56 Å². The van der Waals surface area contributed by atoms with Crippen LogP contribution in [0.1, 0.15) is 11.1 Å². The van der Waals surface area contributed by atoms with Crippen LogP contribution in [-0.2, 0) is 12.8 Å². The number of halogens is 4. The van der Waals surface area contributed by atoms with Gasteiger partial charge in [-0.2, -0.15) is 13.2 Å². The van der Waals surface area contributed by atoms with E-state index in [0.29, 0.717) is 11.3 Å². The van der Waals surface area contributed by atoms with Gasteiger partial charge in [0.2, 0.25) is 0 Å². The van der Waals surface area contributed by atoms with E-state index in [2.05, 4.69) is 5.73 Å². The predicted octanol–water partition coefficient (Wildman–Crippen LogP) is 0.162. The Balaban J connectivity index is 0.00000200. The Morgan fingerprint density at radius 1 is 1.00 bits per heavy atom. The Bertz CT molecular complexity index is 555. The molecule has 0 amide bonds. The highest BCUT2D eigenvalue weighted by Crippen LogP contribution is 2.29. The van der Waals surface area contributed by atoms with E-state index in [1.165, 1.54) is 6.07 Å². The smallest absolute Gasteiger partial charge is 0.416 e. The van der Waals surface area contributed by atoms with Crippen molar-refractivity contribution < 1.29 is 36.0 Å². The molecule has 0 aromatic heterocycles. The Morgan fingerprint density at radius 2 is 1.65 bits per heavy atom. The van der Waals surface area contributed by atoms with Crippen LogP contribution in [0.2, 0.25) is 0 Å². The SMILES string of the molecule is [Cl-].[NH3+]c1ccc(OCc2cccc(C(F)(F)F)c2)cc1. The molecule has 0 unspecified atom stereocenters. The largest absolute Gasteiger partial charge is 1.00 e. The van der Waals surface area contributed by atoms with Crippen LogP contribution in [-0.4, -0.2) is 0 Å². The Kier molecular flexibility index (Phi) is 5.42. The number of hydrogen-bond acceptors (Lipinski definition) is 1. The second-order valence-electron chi connectivity index (χ2n) is 4.13. The molecule has 3 N–H and O–H groups in total. The lowest BCUT2D eigenvalue weighted by molar-refractivity contribution is -0.254. The molecule has 0 aliphatic heterocycles. The molecule has 0 aliphatic rings. The van der Waals surface area contributed by atoms with Gasteiger partial charge in [0.1, 0.15) is 18.0 Å². The number of ether oxygens (including phenoxy) is 1. The molecule has 0 saturated carbocycles. The summed E-state index contributed by atoms with van der Waals surface area (Å²) in [7, 11) is 0. The summed E-state index contributed by atoms with van der Waals surface area (Å²) in [4.78, 5) is 0. The standard InChI is InChI=1S/C14H12F3NO.ClH/c15-14(16,17)11-3-1-2-10(8-11)9-19-13-6-4-12(18)5-7-13;/h1-8H,9,18H2;1H. The molecule has 0 fully saturated rings. The van der Waals surface area contributed by atoms with Crippen molar-refractivity contribution in [3.05, 3.63) is 59.7 Å². The fraction of sp³-hybridized carbons (Fsp3) is 0.143. The van der Waals surface area contributed by atoms with Crippen molar-refractivity contribution in [3.63, 3.8) is 0 Å². The maximum atomic E-state index is 12.5. The van der Waals surface area contributed by atoms with Crippen LogP contribution in [0.4, 0.5) is 18.9 Å². The third-order valence-corrected chi connectivity index (χ3v) is 2.58. The Hall–Kier alpha value is -1.72. The van der Waals surface area contributed by atoms with Gasteiger partial charge in [-0.3, -0.25) is 0 Å². The highest BCUT2D eigenvalue weighted by molar-refractivity contribution is 5.35. The first kappa shape index (κ1) is 16.3. The van der Waals surface area contributed by atoms with Crippen LogP contribution in [0.25, 0.3) is 0 Å². The highest BCUT2D eigenvalue weighted by atomic mass is 35.5. The first-order chi connectivity index (χ1) is 8.95. The third-order valence-electron chi connectivity index (χ3n) is 2.58. The summed E-state index contributed by atoms with van der Waals surface area (Å²) < 4.78 is 43.0. The van der Waals surface area contributed by atoms with Crippen LogP contribution in [0.15, 0.2) is 48.5 Å². The van der Waals surface area contributed by atoms with Crippen molar-refractivity contribution in [3.8, 4) is 5.75 Å². The van der Waals surface area contributed by atoms with Crippen molar-refractivity contribution in [2.24, 2.45) is 0 Å². The lowest BCUT2D eigenvalue weighted by Gasteiger charge is -2.10. The van der Waals surface area contributed by atoms with E-state index in [-0.39, 0.29) is 19.0 Å². The van der Waals surface area contributed by atoms with Crippen LogP contribution in [0.3, 0.4) is 0 Å². The number of quaternary nitrogens is 1. The summed E-state index contributed by atoms with van der Waals surface area (Å²) in [6, 6.07) is 12.1. The topological polar surface area (TPSA) is 36.9 Å². The van der Waals surface area contributed by atoms with Crippen molar-refractivity contribution in [2.45, 2.75) is 12.8 Å². The molecule has 0 radical (unpaired) electrons. The summed E-state index contributed by atoms with van der Waals surface area (Å²) in [5.74, 6) is 0.602. The lowest BCUT2D eigenvalue weighted by atomic mass is 10.1. The minimum Gasteiger partial charge on any atom is -1.00 e. The number of hydrogen-bond donors (Lipinski definition) is 1. The van der Waals surface area contributed by atoms with E-state index >= 15 is 0 Å². The fourth-order valence-electron chi connectivity index (χ4n) is 1.59. The van der Waals surface area contributed by atoms with E-state index in [0.717, 1.165) is 17.8 Å². The van der Waals surface area contributed by atoms with Crippen LogP contribution < -0.4 is 22.9 Å². The van der Waals surface area contributed by atoms with Crippen molar-refractivity contribution >= 4 is 5.69 Å². The molecule has 108 valence electrons. The molecule has 2 aromatic rings. The third kappa shape index (κ3) is 4.43. The molecule has 2 aromatic carbocycles. The second-order valence-corrected chi connectivity index (χ2v) is 4.13. The highest BCUT2D eigenvalue weighted by Gasteiger charge is 2.30. The van der Waals surface area contributed by atoms with E-state index in [1.807, 2.05) is 0 Å². The molecule has 0 spiro atoms.